The third kappa shape index (κ3) is 31.0. The van der Waals surface area contributed by atoms with Crippen molar-refractivity contribution in [1.82, 2.24) is 94.5 Å². The molecule has 41 nitrogen and oxygen atoms in total. The minimum absolute atomic E-state index is 0.0335. The second-order valence-electron chi connectivity index (χ2n) is 28.3. The highest BCUT2D eigenvalue weighted by Gasteiger charge is 2.37. The molecule has 2 aromatic heterocycles. The van der Waals surface area contributed by atoms with Gasteiger partial charge in [0.15, 0.2) is 0 Å². The highest BCUT2D eigenvalue weighted by atomic mass is 32.2. The summed E-state index contributed by atoms with van der Waals surface area (Å²) in [6.45, 7) is 5.67. The summed E-state index contributed by atoms with van der Waals surface area (Å²) in [6.07, 6.45) is -1.96. The quantitative estimate of drug-likeness (QED) is 0.0204. The molecule has 0 aliphatic carbocycles. The maximum atomic E-state index is 14.3. The second kappa shape index (κ2) is 47.3. The van der Waals surface area contributed by atoms with Crippen LogP contribution in [0.3, 0.4) is 0 Å². The van der Waals surface area contributed by atoms with Gasteiger partial charge in [-0.1, -0.05) is 43.8 Å². The molecule has 42 heteroatoms. The molecular weight excluding hydrogens is 1530 g/mol. The highest BCUT2D eigenvalue weighted by molar-refractivity contribution is 7.99. The number of hydrogen-bond donors (Lipinski definition) is 22. The Morgan fingerprint density at radius 1 is 0.647 bits per heavy atom. The molecule has 26 N–H and O–H groups in total. The van der Waals surface area contributed by atoms with E-state index < -0.39 is 213 Å². The van der Waals surface area contributed by atoms with Crippen LogP contribution in [0.5, 0.6) is 0 Å². The van der Waals surface area contributed by atoms with E-state index in [4.69, 9.17) is 22.9 Å². The molecule has 0 spiro atoms. The molecule has 15 amide bonds. The van der Waals surface area contributed by atoms with Crippen molar-refractivity contribution in [2.75, 3.05) is 59.4 Å². The monoisotopic (exact) mass is 1640 g/mol. The summed E-state index contributed by atoms with van der Waals surface area (Å²) >= 11 is 1.29. The fourth-order valence-corrected chi connectivity index (χ4v) is 12.5. The lowest BCUT2D eigenvalue weighted by Crippen LogP contribution is -2.61. The zero-order valence-corrected chi connectivity index (χ0v) is 66.4. The first-order valence-corrected chi connectivity index (χ1v) is 38.5. The van der Waals surface area contributed by atoms with Crippen LogP contribution in [-0.2, 0) is 67.1 Å². The third-order valence-corrected chi connectivity index (χ3v) is 18.7. The summed E-state index contributed by atoms with van der Waals surface area (Å²) in [5.41, 5.74) is 23.9. The minimum atomic E-state index is -1.86. The number of carboxylic acid groups (broad SMARTS) is 1. The average Bonchev–Trinajstić information content (AvgIpc) is 1.63. The Hall–Kier alpha value is -11.6. The van der Waals surface area contributed by atoms with E-state index in [-0.39, 0.29) is 76.7 Å². The number of rotatable bonds is 35. The summed E-state index contributed by atoms with van der Waals surface area (Å²) in [4.78, 5) is 223. The molecular formula is C74H108N22O19S. The number of aliphatic hydroxyl groups excluding tert-OH is 2. The summed E-state index contributed by atoms with van der Waals surface area (Å²) in [5, 5.41) is 73.4. The zero-order valence-electron chi connectivity index (χ0n) is 65.6. The van der Waals surface area contributed by atoms with Crippen LogP contribution in [0.1, 0.15) is 127 Å². The molecule has 0 radical (unpaired) electrons. The van der Waals surface area contributed by atoms with Crippen molar-refractivity contribution in [3.8, 4) is 0 Å². The molecule has 11 atom stereocenters. The molecule has 0 unspecified atom stereocenters. The maximum Gasteiger partial charge on any atom is 0.343 e. The molecule has 1 aliphatic rings. The van der Waals surface area contributed by atoms with Gasteiger partial charge in [0.2, 0.25) is 76.8 Å². The van der Waals surface area contributed by atoms with E-state index >= 15 is 0 Å². The largest absolute Gasteiger partial charge is 0.481 e. The number of aliphatic carboxylic acids is 1. The Morgan fingerprint density at radius 3 is 1.88 bits per heavy atom. The maximum absolute atomic E-state index is 14.3. The summed E-state index contributed by atoms with van der Waals surface area (Å²) in [5.74, 6) is -14.6. The van der Waals surface area contributed by atoms with Gasteiger partial charge in [-0.2, -0.15) is 9.78 Å². The number of nitrogens with zero attached hydrogens (tertiary/aromatic N) is 3. The van der Waals surface area contributed by atoms with Gasteiger partial charge in [0, 0.05) is 60.8 Å². The number of carbonyl (C=O) groups is 16. The minimum Gasteiger partial charge on any atom is -0.481 e. The second-order valence-corrected chi connectivity index (χ2v) is 29.4. The van der Waals surface area contributed by atoms with Gasteiger partial charge in [0.25, 0.3) is 5.91 Å². The van der Waals surface area contributed by atoms with Crippen molar-refractivity contribution in [2.45, 2.75) is 188 Å². The number of nitrogens with two attached hydrogens (primary N) is 4. The van der Waals surface area contributed by atoms with Gasteiger partial charge < -0.3 is 118 Å². The SMILES string of the molecule is CNC(=O)c1ccccc1Sc1ccc2c(/C=C/c3ccccn3)nn(C(=O)NC(C)(C)CNC(=O)[C@H](CCC(=O)O)NC(=O)CCC(=O)NCC(=O)N[C@H](C(=O)N[C@@H](CCN)C(=O)N[C@H]3CCNC(=O)[C@H]([C@@H](C)O)NC(=O)[C@H](CCN)NC(=O)[C@H](CCN)NC(=O)[C@H](CC(C)C)NC(=O)CNC(=O)[C@H](CCN)NC3=O)[C@@H](C)O)c2c1. The molecule has 1 aliphatic heterocycles. The van der Waals surface area contributed by atoms with E-state index in [0.29, 0.717) is 37.6 Å². The lowest BCUT2D eigenvalue weighted by Gasteiger charge is -2.28. The first kappa shape index (κ1) is 95.0. The third-order valence-electron chi connectivity index (χ3n) is 17.7. The Bertz CT molecular complexity index is 4160. The van der Waals surface area contributed by atoms with Gasteiger partial charge in [0.05, 0.1) is 53.3 Å². The Balaban J connectivity index is 1.24. The highest BCUT2D eigenvalue weighted by Crippen LogP contribution is 2.34. The van der Waals surface area contributed by atoms with E-state index in [1.807, 2.05) is 6.07 Å². The predicted molar refractivity (Wildman–Crippen MR) is 423 cm³/mol. The number of aromatic nitrogens is 3. The lowest BCUT2D eigenvalue weighted by atomic mass is 10.0. The summed E-state index contributed by atoms with van der Waals surface area (Å²) in [6, 6.07) is 2.89. The standard InChI is InChI=1S/C74H108N22O19S/c1-39(2)34-53-70(112)89-49(24-29-76)66(108)88-51(26-31-78)69(111)93-61(40(3)97)71(113)81-33-27-52(68(110)87-48(23-28-75)64(106)83-37-58(101)86-53)90-67(109)50(25-30-77)91-72(114)62(41(4)98)92-59(102)36-82-56(99)20-21-57(100)85-47(19-22-60(103)104)65(107)84-38-74(5,6)94-73(115)96-54-35-43(116-55-14-9-8-13-45(55)63(105)79-7)16-17-44(54)46(95-96)18-15-42-12-10-11-32-80-42/h8-18,32,35,39-41,47-53,61-62,97-98H,19-31,33-34,36-38,75-78H2,1-7H3,(H,79,105)(H,81,113)(H,82,99)(H,83,106)(H,84,107)(H,85,100)(H,86,101)(H,87,110)(H,88,108)(H,89,112)(H,90,109)(H,91,114)(H,92,102)(H,93,111)(H,94,115)(H,103,104)/b18-15+/t40-,41-,47+,48+,49+,50+,51+,52+,53+,61+,62+/m1/s1. The van der Waals surface area contributed by atoms with E-state index in [0.717, 1.165) is 18.5 Å². The van der Waals surface area contributed by atoms with E-state index in [1.54, 1.807) is 101 Å². The molecule has 4 aromatic rings. The van der Waals surface area contributed by atoms with Crippen molar-refractivity contribution in [3.05, 3.63) is 83.8 Å². The van der Waals surface area contributed by atoms with Crippen LogP contribution in [0.4, 0.5) is 4.79 Å². The van der Waals surface area contributed by atoms with Gasteiger partial charge in [-0.05, 0) is 159 Å². The summed E-state index contributed by atoms with van der Waals surface area (Å²) in [7, 11) is 1.52. The Morgan fingerprint density at radius 2 is 1.27 bits per heavy atom. The lowest BCUT2D eigenvalue weighted by molar-refractivity contribution is -0.138. The van der Waals surface area contributed by atoms with E-state index in [2.05, 4.69) is 89.8 Å². The van der Waals surface area contributed by atoms with Gasteiger partial charge in [-0.15, -0.1) is 0 Å². The molecule has 2 aromatic carbocycles. The molecule has 1 saturated heterocycles. The van der Waals surface area contributed by atoms with E-state index in [9.17, 15) is 92.0 Å². The fraction of sp³-hybridized carbons (Fsp3) is 0.514. The molecule has 3 heterocycles. The van der Waals surface area contributed by atoms with Crippen LogP contribution in [0.2, 0.25) is 0 Å². The van der Waals surface area contributed by atoms with E-state index in [1.165, 1.54) is 18.8 Å². The number of pyridine rings is 1. The van der Waals surface area contributed by atoms with Crippen LogP contribution in [0.15, 0.2) is 76.7 Å². The predicted octanol–water partition coefficient (Wildman–Crippen LogP) is -5.47. The van der Waals surface area contributed by atoms with Crippen molar-refractivity contribution in [1.29, 1.82) is 0 Å². The molecule has 0 saturated carbocycles. The first-order chi connectivity index (χ1) is 55.0. The number of carbonyl (C=O) groups excluding carboxylic acids is 15. The van der Waals surface area contributed by atoms with Gasteiger partial charge in [-0.3, -0.25) is 76.9 Å². The Kier molecular flexibility index (Phi) is 38.8. The van der Waals surface area contributed by atoms with Crippen LogP contribution < -0.4 is 103 Å². The average molecular weight is 1640 g/mol. The number of aliphatic hydroxyl groups is 2. The smallest absolute Gasteiger partial charge is 0.343 e. The normalized spacial score (nSPS) is 19.0. The van der Waals surface area contributed by atoms with Crippen molar-refractivity contribution >= 4 is 130 Å². The molecule has 634 valence electrons. The molecule has 116 heavy (non-hydrogen) atoms. The topological polar surface area (TPSA) is 649 Å². The number of nitrogens with one attached hydrogen (secondary N) is 15. The number of fused-ring (bicyclic) bond motifs is 1. The number of amides is 15. The van der Waals surface area contributed by atoms with Gasteiger partial charge in [-0.25, -0.2) is 4.79 Å². The van der Waals surface area contributed by atoms with Gasteiger partial charge in [0.1, 0.15) is 54.4 Å². The summed E-state index contributed by atoms with van der Waals surface area (Å²) < 4.78 is 1.15. The number of benzene rings is 2. The number of hydrogen-bond acceptors (Lipinski definition) is 25. The van der Waals surface area contributed by atoms with Crippen LogP contribution >= 0.6 is 11.8 Å². The number of carboxylic acids is 1. The van der Waals surface area contributed by atoms with Crippen molar-refractivity contribution < 1.29 is 92.0 Å². The Labute approximate surface area is 672 Å². The van der Waals surface area contributed by atoms with Crippen LogP contribution in [0.25, 0.3) is 23.1 Å². The zero-order chi connectivity index (χ0) is 85.9. The molecule has 5 rings (SSSR count). The van der Waals surface area contributed by atoms with Crippen molar-refractivity contribution in [2.24, 2.45) is 28.9 Å². The molecule has 1 fully saturated rings. The van der Waals surface area contributed by atoms with Crippen molar-refractivity contribution in [3.63, 3.8) is 0 Å². The molecule has 0 bridgehead atoms. The van der Waals surface area contributed by atoms with Crippen LogP contribution in [-0.4, -0.2) is 256 Å². The fourth-order valence-electron chi connectivity index (χ4n) is 11.6. The van der Waals surface area contributed by atoms with Gasteiger partial charge >= 0.3 is 12.0 Å². The van der Waals surface area contributed by atoms with Crippen LogP contribution in [0, 0.1) is 5.92 Å². The first-order valence-electron chi connectivity index (χ1n) is 37.6.